The fourth-order valence-electron chi connectivity index (χ4n) is 3.42. The van der Waals surface area contributed by atoms with Crippen LogP contribution >= 0.6 is 0 Å². The average molecular weight is 335 g/mol. The number of fused-ring (bicyclic) bond motifs is 2. The molecule has 1 N–H and O–H groups in total. The largest absolute Gasteiger partial charge is 0.450 e. The number of aliphatic hydroxyl groups excluding tert-OH is 1. The van der Waals surface area contributed by atoms with E-state index < -0.39 is 6.04 Å². The van der Waals surface area contributed by atoms with Gasteiger partial charge in [0.2, 0.25) is 5.76 Å². The predicted octanol–water partition coefficient (Wildman–Crippen LogP) is 2.72. The van der Waals surface area contributed by atoms with Gasteiger partial charge in [0, 0.05) is 13.2 Å². The van der Waals surface area contributed by atoms with Crippen LogP contribution in [-0.4, -0.2) is 29.1 Å². The normalized spacial score (nSPS) is 16.4. The summed E-state index contributed by atoms with van der Waals surface area (Å²) in [5.41, 5.74) is 1.48. The van der Waals surface area contributed by atoms with Crippen LogP contribution in [0.1, 0.15) is 34.1 Å². The Morgan fingerprint density at radius 1 is 1.00 bits per heavy atom. The molecule has 2 heterocycles. The summed E-state index contributed by atoms with van der Waals surface area (Å²) < 4.78 is 5.81. The van der Waals surface area contributed by atoms with Gasteiger partial charge in [-0.15, -0.1) is 0 Å². The van der Waals surface area contributed by atoms with Gasteiger partial charge in [0.1, 0.15) is 5.58 Å². The Labute approximate surface area is 144 Å². The van der Waals surface area contributed by atoms with Crippen LogP contribution in [0.25, 0.3) is 11.0 Å². The van der Waals surface area contributed by atoms with Gasteiger partial charge in [-0.05, 0) is 24.1 Å². The summed E-state index contributed by atoms with van der Waals surface area (Å²) in [6.07, 6.45) is 0.441. The molecule has 1 atom stereocenters. The minimum Gasteiger partial charge on any atom is -0.450 e. The van der Waals surface area contributed by atoms with E-state index in [2.05, 4.69) is 0 Å². The Hall–Kier alpha value is -2.92. The summed E-state index contributed by atoms with van der Waals surface area (Å²) >= 11 is 0. The second-order valence-electron chi connectivity index (χ2n) is 6.06. The van der Waals surface area contributed by atoms with E-state index in [9.17, 15) is 14.7 Å². The van der Waals surface area contributed by atoms with Crippen LogP contribution in [0.15, 0.2) is 63.8 Å². The van der Waals surface area contributed by atoms with E-state index in [0.717, 1.165) is 5.56 Å². The predicted molar refractivity (Wildman–Crippen MR) is 93.5 cm³/mol. The number of nitrogens with zero attached hydrogens (tertiary/aromatic N) is 1. The maximum atomic E-state index is 13.1. The quantitative estimate of drug-likeness (QED) is 0.796. The molecule has 0 fully saturated rings. The number of amides is 1. The van der Waals surface area contributed by atoms with Gasteiger partial charge in [0.15, 0.2) is 5.43 Å². The topological polar surface area (TPSA) is 70.8 Å². The Morgan fingerprint density at radius 2 is 1.72 bits per heavy atom. The zero-order valence-corrected chi connectivity index (χ0v) is 13.5. The smallest absolute Gasteiger partial charge is 0.290 e. The van der Waals surface area contributed by atoms with Gasteiger partial charge < -0.3 is 14.4 Å². The zero-order valence-electron chi connectivity index (χ0n) is 13.5. The van der Waals surface area contributed by atoms with E-state index in [0.29, 0.717) is 29.5 Å². The third-order valence-electron chi connectivity index (χ3n) is 4.55. The first-order valence-electron chi connectivity index (χ1n) is 8.25. The third kappa shape index (κ3) is 2.44. The van der Waals surface area contributed by atoms with Gasteiger partial charge >= 0.3 is 0 Å². The average Bonchev–Trinajstić information content (AvgIpc) is 2.93. The fraction of sp³-hybridized carbons (Fsp3) is 0.200. The first kappa shape index (κ1) is 15.6. The lowest BCUT2D eigenvalue weighted by Crippen LogP contribution is -2.31. The Balaban J connectivity index is 1.97. The van der Waals surface area contributed by atoms with Crippen LogP contribution in [0.2, 0.25) is 0 Å². The highest BCUT2D eigenvalue weighted by atomic mass is 16.3. The molecular formula is C20H17NO4. The minimum atomic E-state index is -0.490. The summed E-state index contributed by atoms with van der Waals surface area (Å²) in [6.45, 7) is 0.333. The second kappa shape index (κ2) is 6.18. The lowest BCUT2D eigenvalue weighted by molar-refractivity contribution is 0.0716. The third-order valence-corrected chi connectivity index (χ3v) is 4.55. The molecule has 0 unspecified atom stereocenters. The first-order valence-corrected chi connectivity index (χ1v) is 8.25. The SMILES string of the molecule is O=C1c2oc3ccccc3c(=O)c2[C@H](c2ccccc2)N1CCCO. The van der Waals surface area contributed by atoms with Crippen LogP contribution in [0.4, 0.5) is 0 Å². The highest BCUT2D eigenvalue weighted by Crippen LogP contribution is 2.37. The van der Waals surface area contributed by atoms with Crippen LogP contribution in [-0.2, 0) is 0 Å². The highest BCUT2D eigenvalue weighted by Gasteiger charge is 2.42. The number of hydrogen-bond donors (Lipinski definition) is 1. The van der Waals surface area contributed by atoms with Crippen molar-refractivity contribution < 1.29 is 14.3 Å². The van der Waals surface area contributed by atoms with Crippen molar-refractivity contribution in [2.75, 3.05) is 13.2 Å². The lowest BCUT2D eigenvalue weighted by atomic mass is 9.98. The summed E-state index contributed by atoms with van der Waals surface area (Å²) in [7, 11) is 0. The lowest BCUT2D eigenvalue weighted by Gasteiger charge is -2.24. The Bertz CT molecular complexity index is 993. The maximum Gasteiger partial charge on any atom is 0.290 e. The van der Waals surface area contributed by atoms with E-state index in [-0.39, 0.29) is 23.7 Å². The van der Waals surface area contributed by atoms with E-state index in [1.807, 2.05) is 30.3 Å². The van der Waals surface area contributed by atoms with Gasteiger partial charge in [-0.25, -0.2) is 0 Å². The molecule has 1 aliphatic rings. The van der Waals surface area contributed by atoms with E-state index in [1.54, 1.807) is 29.2 Å². The standard InChI is InChI=1S/C20H17NO4/c22-12-6-11-21-17(13-7-2-1-3-8-13)16-18(23)14-9-4-5-10-15(14)25-19(16)20(21)24/h1-5,7-10,17,22H,6,11-12H2/t17-/m0/s1. The fourth-order valence-corrected chi connectivity index (χ4v) is 3.42. The summed E-state index contributed by atoms with van der Waals surface area (Å²) in [5, 5.41) is 9.64. The molecule has 0 aliphatic carbocycles. The molecule has 1 aliphatic heterocycles. The minimum absolute atomic E-state index is 0.0228. The second-order valence-corrected chi connectivity index (χ2v) is 6.06. The molecule has 0 saturated carbocycles. The Kier molecular flexibility index (Phi) is 3.86. The number of para-hydroxylation sites is 1. The van der Waals surface area contributed by atoms with Crippen molar-refractivity contribution in [3.8, 4) is 0 Å². The van der Waals surface area contributed by atoms with Gasteiger partial charge in [0.25, 0.3) is 5.91 Å². The number of carbonyl (C=O) groups is 1. The van der Waals surface area contributed by atoms with Crippen molar-refractivity contribution in [1.29, 1.82) is 0 Å². The van der Waals surface area contributed by atoms with E-state index in [1.165, 1.54) is 0 Å². The molecule has 2 aromatic carbocycles. The van der Waals surface area contributed by atoms with Gasteiger partial charge in [-0.3, -0.25) is 9.59 Å². The molecule has 4 rings (SSSR count). The Morgan fingerprint density at radius 3 is 2.48 bits per heavy atom. The van der Waals surface area contributed by atoms with Crippen molar-refractivity contribution in [2.45, 2.75) is 12.5 Å². The number of rotatable bonds is 4. The highest BCUT2D eigenvalue weighted by molar-refractivity contribution is 5.99. The molecule has 5 heteroatoms. The van der Waals surface area contributed by atoms with Crippen LogP contribution in [0.3, 0.4) is 0 Å². The summed E-state index contributed by atoms with van der Waals surface area (Å²) in [6, 6.07) is 15.9. The zero-order chi connectivity index (χ0) is 17.4. The number of hydrogen-bond acceptors (Lipinski definition) is 4. The molecule has 0 saturated heterocycles. The number of carbonyl (C=O) groups excluding carboxylic acids is 1. The number of aliphatic hydroxyl groups is 1. The molecule has 0 spiro atoms. The molecular weight excluding hydrogens is 318 g/mol. The maximum absolute atomic E-state index is 13.1. The van der Waals surface area contributed by atoms with Crippen LogP contribution < -0.4 is 5.43 Å². The van der Waals surface area contributed by atoms with Crippen molar-refractivity contribution in [1.82, 2.24) is 4.90 Å². The van der Waals surface area contributed by atoms with Gasteiger partial charge in [-0.2, -0.15) is 0 Å². The van der Waals surface area contributed by atoms with Gasteiger partial charge in [0.05, 0.1) is 17.0 Å². The summed E-state index contributed by atoms with van der Waals surface area (Å²) in [4.78, 5) is 27.6. The molecule has 25 heavy (non-hydrogen) atoms. The van der Waals surface area contributed by atoms with Crippen molar-refractivity contribution in [3.63, 3.8) is 0 Å². The molecule has 1 aromatic heterocycles. The number of benzene rings is 2. The summed E-state index contributed by atoms with van der Waals surface area (Å²) in [5.74, 6) is -0.198. The van der Waals surface area contributed by atoms with Crippen molar-refractivity contribution >= 4 is 16.9 Å². The molecule has 126 valence electrons. The van der Waals surface area contributed by atoms with Crippen molar-refractivity contribution in [3.05, 3.63) is 81.7 Å². The van der Waals surface area contributed by atoms with Crippen LogP contribution in [0.5, 0.6) is 0 Å². The van der Waals surface area contributed by atoms with E-state index in [4.69, 9.17) is 4.42 Å². The van der Waals surface area contributed by atoms with Gasteiger partial charge in [-0.1, -0.05) is 42.5 Å². The van der Waals surface area contributed by atoms with Crippen molar-refractivity contribution in [2.24, 2.45) is 0 Å². The first-order chi connectivity index (χ1) is 12.2. The molecule has 1 amide bonds. The molecule has 0 bridgehead atoms. The molecule has 0 radical (unpaired) electrons. The van der Waals surface area contributed by atoms with E-state index >= 15 is 0 Å². The molecule has 5 nitrogen and oxygen atoms in total. The molecule has 3 aromatic rings. The van der Waals surface area contributed by atoms with Crippen LogP contribution in [0, 0.1) is 0 Å². The monoisotopic (exact) mass is 335 g/mol.